The maximum atomic E-state index is 4.76. The Kier molecular flexibility index (Phi) is 5.81. The Bertz CT molecular complexity index is 1240. The molecule has 33 heavy (non-hydrogen) atoms. The van der Waals surface area contributed by atoms with Gasteiger partial charge in [0.15, 0.2) is 0 Å². The van der Waals surface area contributed by atoms with E-state index in [0.717, 1.165) is 45.6 Å². The van der Waals surface area contributed by atoms with Gasteiger partial charge >= 0.3 is 0 Å². The molecule has 1 unspecified atom stereocenters. The number of aromatic nitrogens is 1. The molecule has 166 valence electrons. The Balaban J connectivity index is 1.17. The molecule has 2 aromatic heterocycles. The zero-order valence-electron chi connectivity index (χ0n) is 18.9. The van der Waals surface area contributed by atoms with E-state index in [1.807, 2.05) is 17.5 Å². The van der Waals surface area contributed by atoms with E-state index in [0.29, 0.717) is 6.04 Å². The molecule has 3 nitrogen and oxygen atoms in total. The highest BCUT2D eigenvalue weighted by Gasteiger charge is 2.31. The van der Waals surface area contributed by atoms with Crippen LogP contribution in [0.25, 0.3) is 16.2 Å². The van der Waals surface area contributed by atoms with Crippen LogP contribution in [0.15, 0.2) is 78.3 Å². The third kappa shape index (κ3) is 4.15. The molecule has 3 heterocycles. The van der Waals surface area contributed by atoms with Crippen molar-refractivity contribution in [3.05, 3.63) is 106 Å². The molecule has 2 aliphatic rings. The molecule has 0 amide bonds. The van der Waals surface area contributed by atoms with Gasteiger partial charge in [-0.1, -0.05) is 60.7 Å². The summed E-state index contributed by atoms with van der Waals surface area (Å²) >= 11 is 1.83. The first kappa shape index (κ1) is 20.8. The fraction of sp³-hybridized carbons (Fsp3) is 0.276. The number of benzene rings is 2. The molecule has 6 rings (SSSR count). The number of rotatable bonds is 4. The summed E-state index contributed by atoms with van der Waals surface area (Å²) in [4.78, 5) is 10.0. The van der Waals surface area contributed by atoms with Crippen molar-refractivity contribution >= 4 is 27.5 Å². The molecule has 2 aromatic carbocycles. The average molecular weight is 452 g/mol. The second-order valence-electron chi connectivity index (χ2n) is 9.07. The normalized spacial score (nSPS) is 19.5. The van der Waals surface area contributed by atoms with Crippen LogP contribution in [0.4, 0.5) is 0 Å². The lowest BCUT2D eigenvalue weighted by Crippen LogP contribution is -2.47. The number of hydrogen-bond donors (Lipinski definition) is 0. The van der Waals surface area contributed by atoms with Crippen LogP contribution in [0, 0.1) is 0 Å². The Morgan fingerprint density at radius 1 is 0.879 bits per heavy atom. The Morgan fingerprint density at radius 3 is 2.70 bits per heavy atom. The Labute approximate surface area is 200 Å². The molecule has 4 aromatic rings. The second kappa shape index (κ2) is 9.22. The van der Waals surface area contributed by atoms with Crippen molar-refractivity contribution in [2.45, 2.75) is 18.9 Å². The van der Waals surface area contributed by atoms with Crippen LogP contribution in [0.5, 0.6) is 0 Å². The van der Waals surface area contributed by atoms with E-state index in [4.69, 9.17) is 4.98 Å². The van der Waals surface area contributed by atoms with Gasteiger partial charge in [-0.15, -0.1) is 11.3 Å². The summed E-state index contributed by atoms with van der Waals surface area (Å²) in [5, 5.41) is 3.52. The molecule has 4 heteroatoms. The van der Waals surface area contributed by atoms with Crippen LogP contribution in [-0.2, 0) is 12.8 Å². The van der Waals surface area contributed by atoms with E-state index in [9.17, 15) is 0 Å². The van der Waals surface area contributed by atoms with Gasteiger partial charge in [-0.05, 0) is 58.0 Å². The van der Waals surface area contributed by atoms with E-state index >= 15 is 0 Å². The monoisotopic (exact) mass is 451 g/mol. The van der Waals surface area contributed by atoms with Gasteiger partial charge in [0, 0.05) is 49.3 Å². The first-order valence-corrected chi connectivity index (χ1v) is 12.9. The second-order valence-corrected chi connectivity index (χ2v) is 9.98. The average Bonchev–Trinajstić information content (AvgIpc) is 3.28. The molecular weight excluding hydrogens is 422 g/mol. The summed E-state index contributed by atoms with van der Waals surface area (Å²) in [5.41, 5.74) is 6.96. The predicted octanol–water partition coefficient (Wildman–Crippen LogP) is 5.82. The van der Waals surface area contributed by atoms with Crippen LogP contribution < -0.4 is 0 Å². The van der Waals surface area contributed by atoms with Crippen molar-refractivity contribution in [3.63, 3.8) is 0 Å². The first-order valence-electron chi connectivity index (χ1n) is 12.0. The van der Waals surface area contributed by atoms with E-state index in [1.165, 1.54) is 38.0 Å². The molecule has 1 aliphatic heterocycles. The number of piperazine rings is 1. The summed E-state index contributed by atoms with van der Waals surface area (Å²) in [6.07, 6.45) is 8.70. The minimum absolute atomic E-state index is 0.321. The minimum Gasteiger partial charge on any atom is -0.297 e. The van der Waals surface area contributed by atoms with Crippen LogP contribution in [0.3, 0.4) is 0 Å². The molecule has 0 N–H and O–H groups in total. The zero-order valence-corrected chi connectivity index (χ0v) is 19.7. The molecule has 1 fully saturated rings. The van der Waals surface area contributed by atoms with Crippen LogP contribution in [0.1, 0.15) is 34.0 Å². The number of fused-ring (bicyclic) bond motifs is 3. The maximum Gasteiger partial charge on any atom is 0.0623 e. The summed E-state index contributed by atoms with van der Waals surface area (Å²) in [6, 6.07) is 22.5. The number of aryl methyl sites for hydroxylation is 2. The number of thiophene rings is 1. The standard InChI is InChI=1S/C29H29N3S/c1-2-10-25-22(6-1)12-13-27-26(11-4-15-30-27)28(25)32-19-17-31(18-20-32)16-5-9-23-7-3-8-24-14-21-33-29(23)24/h1-11,14-15,21,28H,12-13,16-20H2. The van der Waals surface area contributed by atoms with Crippen molar-refractivity contribution in [2.24, 2.45) is 0 Å². The number of pyridine rings is 1. The molecule has 0 bridgehead atoms. The van der Waals surface area contributed by atoms with Crippen molar-refractivity contribution in [1.29, 1.82) is 0 Å². The van der Waals surface area contributed by atoms with E-state index in [2.05, 4.69) is 88.0 Å². The quantitative estimate of drug-likeness (QED) is 0.390. The van der Waals surface area contributed by atoms with Gasteiger partial charge in [-0.2, -0.15) is 0 Å². The van der Waals surface area contributed by atoms with Crippen molar-refractivity contribution < 1.29 is 0 Å². The summed E-state index contributed by atoms with van der Waals surface area (Å²) in [6.45, 7) is 5.38. The van der Waals surface area contributed by atoms with Gasteiger partial charge in [0.1, 0.15) is 0 Å². The summed E-state index contributed by atoms with van der Waals surface area (Å²) in [7, 11) is 0. The topological polar surface area (TPSA) is 19.4 Å². The zero-order chi connectivity index (χ0) is 22.0. The fourth-order valence-electron chi connectivity index (χ4n) is 5.43. The van der Waals surface area contributed by atoms with Crippen LogP contribution in [-0.4, -0.2) is 47.5 Å². The minimum atomic E-state index is 0.321. The van der Waals surface area contributed by atoms with Crippen molar-refractivity contribution in [1.82, 2.24) is 14.8 Å². The Hall–Kier alpha value is -2.79. The van der Waals surface area contributed by atoms with Crippen LogP contribution in [0.2, 0.25) is 0 Å². The lowest BCUT2D eigenvalue weighted by atomic mass is 9.94. The van der Waals surface area contributed by atoms with E-state index in [-0.39, 0.29) is 0 Å². The molecular formula is C29H29N3S. The van der Waals surface area contributed by atoms with Gasteiger partial charge < -0.3 is 0 Å². The first-order chi connectivity index (χ1) is 16.4. The third-order valence-corrected chi connectivity index (χ3v) is 8.12. The van der Waals surface area contributed by atoms with Crippen molar-refractivity contribution in [2.75, 3.05) is 32.7 Å². The fourth-order valence-corrected chi connectivity index (χ4v) is 6.33. The number of nitrogens with zero attached hydrogens (tertiary/aromatic N) is 3. The van der Waals surface area contributed by atoms with Gasteiger partial charge in [0.2, 0.25) is 0 Å². The molecule has 1 aliphatic carbocycles. The highest BCUT2D eigenvalue weighted by Crippen LogP contribution is 2.36. The predicted molar refractivity (Wildman–Crippen MR) is 139 cm³/mol. The van der Waals surface area contributed by atoms with Crippen molar-refractivity contribution in [3.8, 4) is 0 Å². The summed E-state index contributed by atoms with van der Waals surface area (Å²) in [5.74, 6) is 0. The maximum absolute atomic E-state index is 4.76. The highest BCUT2D eigenvalue weighted by molar-refractivity contribution is 7.17. The molecule has 0 spiro atoms. The van der Waals surface area contributed by atoms with Gasteiger partial charge in [0.25, 0.3) is 0 Å². The number of hydrogen-bond acceptors (Lipinski definition) is 4. The smallest absolute Gasteiger partial charge is 0.0623 e. The van der Waals surface area contributed by atoms with E-state index < -0.39 is 0 Å². The molecule has 0 radical (unpaired) electrons. The lowest BCUT2D eigenvalue weighted by molar-refractivity contribution is 0.117. The van der Waals surface area contributed by atoms with E-state index in [1.54, 1.807) is 0 Å². The highest BCUT2D eigenvalue weighted by atomic mass is 32.1. The molecule has 1 atom stereocenters. The summed E-state index contributed by atoms with van der Waals surface area (Å²) < 4.78 is 1.39. The van der Waals surface area contributed by atoms with Gasteiger partial charge in [0.05, 0.1) is 6.04 Å². The van der Waals surface area contributed by atoms with Gasteiger partial charge in [-0.3, -0.25) is 14.8 Å². The SMILES string of the molecule is C(=Cc1cccc2ccsc12)CN1CCN(C2c3ccccc3CCc3ncccc32)CC1. The third-order valence-electron chi connectivity index (χ3n) is 7.14. The lowest BCUT2D eigenvalue weighted by Gasteiger charge is -2.40. The van der Waals surface area contributed by atoms with Crippen LogP contribution >= 0.6 is 11.3 Å². The van der Waals surface area contributed by atoms with Gasteiger partial charge in [-0.25, -0.2) is 0 Å². The molecule has 1 saturated heterocycles. The Morgan fingerprint density at radius 2 is 1.76 bits per heavy atom. The molecule has 0 saturated carbocycles. The largest absolute Gasteiger partial charge is 0.297 e.